The SMILES string of the molecule is CN1CCCN(c2ccc(Br)cc2)C(CCO)C1=O. The first kappa shape index (κ1) is 14.3. The van der Waals surface area contributed by atoms with Crippen LogP contribution in [0.4, 0.5) is 5.69 Å². The number of aliphatic hydroxyl groups excluding tert-OH is 1. The van der Waals surface area contributed by atoms with E-state index in [0.717, 1.165) is 29.7 Å². The lowest BCUT2D eigenvalue weighted by molar-refractivity contribution is -0.131. The van der Waals surface area contributed by atoms with Crippen molar-refractivity contribution in [3.63, 3.8) is 0 Å². The summed E-state index contributed by atoms with van der Waals surface area (Å²) in [5, 5.41) is 9.22. The Morgan fingerprint density at radius 3 is 2.63 bits per heavy atom. The summed E-state index contributed by atoms with van der Waals surface area (Å²) in [6.45, 7) is 1.63. The fourth-order valence-electron chi connectivity index (χ4n) is 2.48. The van der Waals surface area contributed by atoms with Crippen LogP contribution in [0.1, 0.15) is 12.8 Å². The number of carbonyl (C=O) groups is 1. The molecule has 0 spiro atoms. The smallest absolute Gasteiger partial charge is 0.245 e. The Hall–Kier alpha value is -1.07. The predicted octanol–water partition coefficient (Wildman–Crippen LogP) is 1.87. The van der Waals surface area contributed by atoms with Gasteiger partial charge in [-0.25, -0.2) is 0 Å². The van der Waals surface area contributed by atoms with Gasteiger partial charge < -0.3 is 14.9 Å². The number of rotatable bonds is 3. The molecule has 1 unspecified atom stereocenters. The highest BCUT2D eigenvalue weighted by molar-refractivity contribution is 9.10. The van der Waals surface area contributed by atoms with Gasteiger partial charge in [0.2, 0.25) is 5.91 Å². The maximum Gasteiger partial charge on any atom is 0.245 e. The van der Waals surface area contributed by atoms with Gasteiger partial charge >= 0.3 is 0 Å². The molecule has 1 N–H and O–H groups in total. The molecule has 1 heterocycles. The highest BCUT2D eigenvalue weighted by Gasteiger charge is 2.30. The van der Waals surface area contributed by atoms with E-state index < -0.39 is 0 Å². The van der Waals surface area contributed by atoms with Crippen molar-refractivity contribution in [3.8, 4) is 0 Å². The van der Waals surface area contributed by atoms with Gasteiger partial charge in [0.25, 0.3) is 0 Å². The third-order valence-corrected chi connectivity index (χ3v) is 4.02. The third kappa shape index (κ3) is 3.28. The van der Waals surface area contributed by atoms with E-state index >= 15 is 0 Å². The second kappa shape index (κ2) is 6.39. The van der Waals surface area contributed by atoms with Crippen LogP contribution >= 0.6 is 15.9 Å². The molecule has 0 bridgehead atoms. The summed E-state index contributed by atoms with van der Waals surface area (Å²) in [6, 6.07) is 7.70. The number of anilines is 1. The van der Waals surface area contributed by atoms with Gasteiger partial charge in [-0.05, 0) is 37.1 Å². The molecule has 1 fully saturated rings. The van der Waals surface area contributed by atoms with Crippen LogP contribution in [-0.4, -0.2) is 48.7 Å². The highest BCUT2D eigenvalue weighted by atomic mass is 79.9. The van der Waals surface area contributed by atoms with Gasteiger partial charge in [0.15, 0.2) is 0 Å². The fraction of sp³-hybridized carbons (Fsp3) is 0.500. The summed E-state index contributed by atoms with van der Waals surface area (Å²) in [5.41, 5.74) is 1.03. The second-order valence-corrected chi connectivity index (χ2v) is 5.73. The number of hydrogen-bond donors (Lipinski definition) is 1. The molecule has 1 aromatic carbocycles. The number of halogens is 1. The standard InChI is InChI=1S/C14H19BrN2O2/c1-16-8-2-9-17(13(7-10-18)14(16)19)12-5-3-11(15)4-6-12/h3-6,13,18H,2,7-10H2,1H3. The van der Waals surface area contributed by atoms with Crippen molar-refractivity contribution in [1.82, 2.24) is 4.90 Å². The zero-order chi connectivity index (χ0) is 13.8. The summed E-state index contributed by atoms with van der Waals surface area (Å²) >= 11 is 3.42. The average molecular weight is 327 g/mol. The minimum Gasteiger partial charge on any atom is -0.396 e. The maximum atomic E-state index is 12.3. The van der Waals surface area contributed by atoms with Crippen molar-refractivity contribution in [1.29, 1.82) is 0 Å². The topological polar surface area (TPSA) is 43.8 Å². The molecule has 19 heavy (non-hydrogen) atoms. The molecule has 104 valence electrons. The predicted molar refractivity (Wildman–Crippen MR) is 79.2 cm³/mol. The highest BCUT2D eigenvalue weighted by Crippen LogP contribution is 2.24. The quantitative estimate of drug-likeness (QED) is 0.922. The first-order chi connectivity index (χ1) is 9.13. The van der Waals surface area contributed by atoms with E-state index in [4.69, 9.17) is 0 Å². The number of likely N-dealkylation sites (N-methyl/N-ethyl adjacent to an activating group) is 1. The lowest BCUT2D eigenvalue weighted by atomic mass is 10.1. The number of benzene rings is 1. The first-order valence-corrected chi connectivity index (χ1v) is 7.31. The number of hydrogen-bond acceptors (Lipinski definition) is 3. The zero-order valence-corrected chi connectivity index (χ0v) is 12.6. The number of amides is 1. The molecule has 1 aromatic rings. The van der Waals surface area contributed by atoms with Gasteiger partial charge in [0.05, 0.1) is 0 Å². The molecule has 0 radical (unpaired) electrons. The molecule has 1 saturated heterocycles. The molecular formula is C14H19BrN2O2. The van der Waals surface area contributed by atoms with E-state index in [2.05, 4.69) is 20.8 Å². The van der Waals surface area contributed by atoms with Crippen LogP contribution in [0.3, 0.4) is 0 Å². The minimum atomic E-state index is -0.265. The molecule has 2 rings (SSSR count). The van der Waals surface area contributed by atoms with E-state index in [0.29, 0.717) is 6.42 Å². The normalized spacial score (nSPS) is 20.6. The Morgan fingerprint density at radius 2 is 2.00 bits per heavy atom. The second-order valence-electron chi connectivity index (χ2n) is 4.81. The molecular weight excluding hydrogens is 308 g/mol. The summed E-state index contributed by atoms with van der Waals surface area (Å²) in [6.07, 6.45) is 1.42. The lowest BCUT2D eigenvalue weighted by Gasteiger charge is -2.31. The summed E-state index contributed by atoms with van der Waals surface area (Å²) in [4.78, 5) is 16.2. The summed E-state index contributed by atoms with van der Waals surface area (Å²) in [5.74, 6) is 0.0921. The molecule has 1 aliphatic rings. The average Bonchev–Trinajstić information content (AvgIpc) is 2.54. The number of aliphatic hydroxyl groups is 1. The Labute approximate surface area is 122 Å². The van der Waals surface area contributed by atoms with E-state index in [1.165, 1.54) is 0 Å². The summed E-state index contributed by atoms with van der Waals surface area (Å²) in [7, 11) is 1.83. The van der Waals surface area contributed by atoms with Crippen LogP contribution in [0.2, 0.25) is 0 Å². The Kier molecular flexibility index (Phi) is 4.82. The van der Waals surface area contributed by atoms with Gasteiger partial charge in [-0.2, -0.15) is 0 Å². The fourth-order valence-corrected chi connectivity index (χ4v) is 2.74. The van der Waals surface area contributed by atoms with Crippen molar-refractivity contribution < 1.29 is 9.90 Å². The number of carbonyl (C=O) groups excluding carboxylic acids is 1. The van der Waals surface area contributed by atoms with Crippen LogP contribution in [0.5, 0.6) is 0 Å². The van der Waals surface area contributed by atoms with Crippen LogP contribution in [0.15, 0.2) is 28.7 Å². The molecule has 0 aromatic heterocycles. The van der Waals surface area contributed by atoms with Crippen LogP contribution in [-0.2, 0) is 4.79 Å². The molecule has 0 saturated carbocycles. The van der Waals surface area contributed by atoms with Crippen molar-refractivity contribution in [3.05, 3.63) is 28.7 Å². The lowest BCUT2D eigenvalue weighted by Crippen LogP contribution is -2.45. The Balaban J connectivity index is 2.28. The first-order valence-electron chi connectivity index (χ1n) is 6.51. The van der Waals surface area contributed by atoms with E-state index in [1.807, 2.05) is 31.3 Å². The Bertz CT molecular complexity index is 436. The van der Waals surface area contributed by atoms with Gasteiger partial charge in [0.1, 0.15) is 6.04 Å². The monoisotopic (exact) mass is 326 g/mol. The van der Waals surface area contributed by atoms with Gasteiger partial charge in [-0.1, -0.05) is 15.9 Å². The molecule has 1 amide bonds. The van der Waals surface area contributed by atoms with Crippen molar-refractivity contribution >= 4 is 27.5 Å². The molecule has 1 atom stereocenters. The van der Waals surface area contributed by atoms with Crippen LogP contribution in [0, 0.1) is 0 Å². The van der Waals surface area contributed by atoms with Gasteiger partial charge in [-0.3, -0.25) is 4.79 Å². The molecule has 1 aliphatic heterocycles. The molecule has 4 nitrogen and oxygen atoms in total. The van der Waals surface area contributed by atoms with Crippen molar-refractivity contribution in [2.24, 2.45) is 0 Å². The van der Waals surface area contributed by atoms with Gasteiger partial charge in [-0.15, -0.1) is 0 Å². The van der Waals surface area contributed by atoms with E-state index in [9.17, 15) is 9.90 Å². The summed E-state index contributed by atoms with van der Waals surface area (Å²) < 4.78 is 1.02. The molecule has 0 aliphatic carbocycles. The third-order valence-electron chi connectivity index (χ3n) is 3.49. The molecule has 5 heteroatoms. The van der Waals surface area contributed by atoms with E-state index in [1.54, 1.807) is 4.90 Å². The van der Waals surface area contributed by atoms with Crippen LogP contribution in [0.25, 0.3) is 0 Å². The zero-order valence-electron chi connectivity index (χ0n) is 11.1. The largest absolute Gasteiger partial charge is 0.396 e. The van der Waals surface area contributed by atoms with Gasteiger partial charge in [0, 0.05) is 36.9 Å². The minimum absolute atomic E-state index is 0.0251. The maximum absolute atomic E-state index is 12.3. The van der Waals surface area contributed by atoms with Crippen molar-refractivity contribution in [2.75, 3.05) is 31.6 Å². The Morgan fingerprint density at radius 1 is 1.32 bits per heavy atom. The van der Waals surface area contributed by atoms with Crippen molar-refractivity contribution in [2.45, 2.75) is 18.9 Å². The van der Waals surface area contributed by atoms with E-state index in [-0.39, 0.29) is 18.6 Å². The number of nitrogens with zero attached hydrogens (tertiary/aromatic N) is 2. The van der Waals surface area contributed by atoms with Crippen LogP contribution < -0.4 is 4.90 Å².